The number of halogens is 1. The molecule has 1 saturated heterocycles. The van der Waals surface area contributed by atoms with Crippen LogP contribution in [-0.4, -0.2) is 27.1 Å². The minimum atomic E-state index is -0.457. The topological polar surface area (TPSA) is 38.1 Å². The molecule has 0 bridgehead atoms. The molecule has 2 aromatic rings. The van der Waals surface area contributed by atoms with Crippen LogP contribution in [0.25, 0.3) is 0 Å². The zero-order valence-corrected chi connectivity index (χ0v) is 12.7. The van der Waals surface area contributed by atoms with Gasteiger partial charge in [-0.15, -0.1) is 0 Å². The van der Waals surface area contributed by atoms with Crippen molar-refractivity contribution in [2.24, 2.45) is 7.05 Å². The minimum Gasteiger partial charge on any atom is -0.331 e. The van der Waals surface area contributed by atoms with Gasteiger partial charge in [-0.2, -0.15) is 5.10 Å². The zero-order valence-electron chi connectivity index (χ0n) is 12.7. The van der Waals surface area contributed by atoms with Gasteiger partial charge in [0.05, 0.1) is 17.8 Å². The van der Waals surface area contributed by atoms with E-state index in [2.05, 4.69) is 5.10 Å². The quantitative estimate of drug-likeness (QED) is 0.853. The molecule has 1 aromatic heterocycles. The number of benzene rings is 1. The lowest BCUT2D eigenvalue weighted by Gasteiger charge is -2.29. The lowest BCUT2D eigenvalue weighted by molar-refractivity contribution is 0.0676. The van der Waals surface area contributed by atoms with Gasteiger partial charge in [0.2, 0.25) is 0 Å². The molecule has 0 spiro atoms. The van der Waals surface area contributed by atoms with Crippen molar-refractivity contribution < 1.29 is 9.18 Å². The summed E-state index contributed by atoms with van der Waals surface area (Å²) in [6.07, 6.45) is 7.76. The van der Waals surface area contributed by atoms with Crippen LogP contribution in [0.2, 0.25) is 0 Å². The number of hydrogen-bond donors (Lipinski definition) is 0. The summed E-state index contributed by atoms with van der Waals surface area (Å²) in [4.78, 5) is 14.6. The van der Waals surface area contributed by atoms with Crippen LogP contribution in [0.5, 0.6) is 0 Å². The molecule has 0 aliphatic carbocycles. The van der Waals surface area contributed by atoms with Gasteiger partial charge < -0.3 is 4.90 Å². The Balaban J connectivity index is 1.94. The number of hydrogen-bond acceptors (Lipinski definition) is 2. The van der Waals surface area contributed by atoms with Crippen LogP contribution in [0.4, 0.5) is 4.39 Å². The molecule has 5 heteroatoms. The predicted octanol–water partition coefficient (Wildman–Crippen LogP) is 3.32. The first-order valence-corrected chi connectivity index (χ1v) is 7.71. The van der Waals surface area contributed by atoms with Gasteiger partial charge in [-0.25, -0.2) is 4.39 Å². The monoisotopic (exact) mass is 301 g/mol. The highest BCUT2D eigenvalue weighted by Crippen LogP contribution is 2.31. The summed E-state index contributed by atoms with van der Waals surface area (Å²) in [5.74, 6) is -0.685. The summed E-state index contributed by atoms with van der Waals surface area (Å²) < 4.78 is 15.7. The number of aryl methyl sites for hydroxylation is 1. The van der Waals surface area contributed by atoms with Crippen LogP contribution in [-0.2, 0) is 7.05 Å². The normalized spacial score (nSPS) is 19.0. The predicted molar refractivity (Wildman–Crippen MR) is 81.9 cm³/mol. The van der Waals surface area contributed by atoms with Crippen molar-refractivity contribution in [1.82, 2.24) is 14.7 Å². The van der Waals surface area contributed by atoms with Gasteiger partial charge in [0.25, 0.3) is 5.91 Å². The highest BCUT2D eigenvalue weighted by Gasteiger charge is 2.29. The molecule has 116 valence electrons. The van der Waals surface area contributed by atoms with Crippen LogP contribution in [0, 0.1) is 5.82 Å². The van der Waals surface area contributed by atoms with Crippen LogP contribution < -0.4 is 0 Å². The Morgan fingerprint density at radius 1 is 1.27 bits per heavy atom. The molecule has 1 aliphatic heterocycles. The third-order valence-corrected chi connectivity index (χ3v) is 4.23. The van der Waals surface area contributed by atoms with Crippen LogP contribution in [0.15, 0.2) is 36.7 Å². The highest BCUT2D eigenvalue weighted by atomic mass is 19.1. The van der Waals surface area contributed by atoms with Crippen molar-refractivity contribution in [3.63, 3.8) is 0 Å². The Morgan fingerprint density at radius 2 is 2.09 bits per heavy atom. The maximum atomic E-state index is 14.0. The third-order valence-electron chi connectivity index (χ3n) is 4.23. The molecular formula is C17H20FN3O. The average molecular weight is 301 g/mol. The van der Waals surface area contributed by atoms with E-state index < -0.39 is 5.82 Å². The molecule has 0 radical (unpaired) electrons. The smallest absolute Gasteiger partial charge is 0.257 e. The molecule has 0 N–H and O–H groups in total. The fourth-order valence-corrected chi connectivity index (χ4v) is 3.10. The highest BCUT2D eigenvalue weighted by molar-refractivity contribution is 5.94. The van der Waals surface area contributed by atoms with Crippen LogP contribution >= 0.6 is 0 Å². The second kappa shape index (κ2) is 6.30. The van der Waals surface area contributed by atoms with Crippen molar-refractivity contribution in [3.8, 4) is 0 Å². The molecular weight excluding hydrogens is 281 g/mol. The molecule has 1 aliphatic rings. The van der Waals surface area contributed by atoms with Crippen molar-refractivity contribution >= 4 is 5.91 Å². The first-order valence-electron chi connectivity index (χ1n) is 7.71. The number of likely N-dealkylation sites (tertiary alicyclic amines) is 1. The van der Waals surface area contributed by atoms with Crippen molar-refractivity contribution in [2.75, 3.05) is 6.54 Å². The fraction of sp³-hybridized carbons (Fsp3) is 0.412. The van der Waals surface area contributed by atoms with Gasteiger partial charge >= 0.3 is 0 Å². The van der Waals surface area contributed by atoms with E-state index in [0.717, 1.165) is 31.2 Å². The first-order chi connectivity index (χ1) is 10.7. The van der Waals surface area contributed by atoms with Crippen molar-refractivity contribution in [3.05, 3.63) is 53.6 Å². The number of aromatic nitrogens is 2. The lowest BCUT2D eigenvalue weighted by Crippen LogP contribution is -2.35. The Kier molecular flexibility index (Phi) is 4.22. The second-order valence-electron chi connectivity index (χ2n) is 5.79. The Hall–Kier alpha value is -2.17. The van der Waals surface area contributed by atoms with Gasteiger partial charge in [-0.05, 0) is 25.0 Å². The summed E-state index contributed by atoms with van der Waals surface area (Å²) in [6, 6.07) is 6.18. The minimum absolute atomic E-state index is 0.0247. The number of carbonyl (C=O) groups excluding carboxylic acids is 1. The van der Waals surface area contributed by atoms with Crippen LogP contribution in [0.3, 0.4) is 0 Å². The second-order valence-corrected chi connectivity index (χ2v) is 5.79. The fourth-order valence-electron chi connectivity index (χ4n) is 3.10. The molecule has 3 rings (SSSR count). The van der Waals surface area contributed by atoms with Gasteiger partial charge in [-0.3, -0.25) is 9.48 Å². The summed E-state index contributed by atoms with van der Waals surface area (Å²) >= 11 is 0. The summed E-state index contributed by atoms with van der Waals surface area (Å²) in [7, 11) is 1.86. The number of nitrogens with zero attached hydrogens (tertiary/aromatic N) is 3. The molecule has 0 saturated carbocycles. The third kappa shape index (κ3) is 2.89. The zero-order chi connectivity index (χ0) is 15.5. The molecule has 0 unspecified atom stereocenters. The summed E-state index contributed by atoms with van der Waals surface area (Å²) in [5, 5.41) is 4.21. The molecule has 4 nitrogen and oxygen atoms in total. The molecule has 1 fully saturated rings. The molecule has 1 aromatic carbocycles. The van der Waals surface area contributed by atoms with Gasteiger partial charge in [0, 0.05) is 25.4 Å². The average Bonchev–Trinajstić information content (AvgIpc) is 2.80. The molecule has 22 heavy (non-hydrogen) atoms. The molecule has 1 amide bonds. The van der Waals surface area contributed by atoms with E-state index in [0.29, 0.717) is 6.54 Å². The number of amides is 1. The number of rotatable bonds is 2. The number of carbonyl (C=O) groups is 1. The summed E-state index contributed by atoms with van der Waals surface area (Å²) in [6.45, 7) is 0.659. The van der Waals surface area contributed by atoms with Gasteiger partial charge in [0.15, 0.2) is 0 Å². The van der Waals surface area contributed by atoms with Crippen molar-refractivity contribution in [1.29, 1.82) is 0 Å². The Morgan fingerprint density at radius 3 is 2.82 bits per heavy atom. The van der Waals surface area contributed by atoms with E-state index in [1.807, 2.05) is 18.1 Å². The molecule has 2 heterocycles. The van der Waals surface area contributed by atoms with E-state index in [9.17, 15) is 9.18 Å². The Labute approximate surface area is 129 Å². The van der Waals surface area contributed by atoms with E-state index >= 15 is 0 Å². The van der Waals surface area contributed by atoms with E-state index in [1.165, 1.54) is 6.07 Å². The summed E-state index contributed by atoms with van der Waals surface area (Å²) in [5.41, 5.74) is 1.17. The maximum Gasteiger partial charge on any atom is 0.257 e. The molecule has 1 atom stereocenters. The van der Waals surface area contributed by atoms with Gasteiger partial charge in [-0.1, -0.05) is 25.0 Å². The SMILES string of the molecule is Cn1cc([C@@H]2CCCCCN2C(=O)c2ccccc2F)cn1. The van der Waals surface area contributed by atoms with E-state index in [4.69, 9.17) is 0 Å². The van der Waals surface area contributed by atoms with Crippen LogP contribution in [0.1, 0.15) is 47.6 Å². The van der Waals surface area contributed by atoms with Crippen molar-refractivity contribution in [2.45, 2.75) is 31.7 Å². The lowest BCUT2D eigenvalue weighted by atomic mass is 10.0. The van der Waals surface area contributed by atoms with E-state index in [-0.39, 0.29) is 17.5 Å². The largest absolute Gasteiger partial charge is 0.331 e. The van der Waals surface area contributed by atoms with Gasteiger partial charge in [0.1, 0.15) is 5.82 Å². The Bertz CT molecular complexity index is 667. The maximum absolute atomic E-state index is 14.0. The standard InChI is InChI=1S/C17H20FN3O/c1-20-12-13(11-19-20)16-9-3-2-6-10-21(16)17(22)14-7-4-5-8-15(14)18/h4-5,7-8,11-12,16H,2-3,6,9-10H2,1H3/t16-/m0/s1. The van der Waals surface area contributed by atoms with E-state index in [1.54, 1.807) is 29.1 Å². The first kappa shape index (κ1) is 14.8.